The summed E-state index contributed by atoms with van der Waals surface area (Å²) in [6.07, 6.45) is -0.396. The maximum absolute atomic E-state index is 12.7. The first-order valence-corrected chi connectivity index (χ1v) is 8.24. The van der Waals surface area contributed by atoms with Crippen LogP contribution in [0.15, 0.2) is 18.2 Å². The molecule has 1 aliphatic heterocycles. The second-order valence-corrected chi connectivity index (χ2v) is 6.18. The summed E-state index contributed by atoms with van der Waals surface area (Å²) in [5.41, 5.74) is 2.31. The number of fused-ring (bicyclic) bond motifs is 1. The third-order valence-corrected chi connectivity index (χ3v) is 4.82. The molecule has 0 aliphatic carbocycles. The van der Waals surface area contributed by atoms with Crippen LogP contribution in [0.4, 0.5) is 0 Å². The van der Waals surface area contributed by atoms with Gasteiger partial charge < -0.3 is 24.1 Å². The Morgan fingerprint density at radius 3 is 2.35 bits per heavy atom. The molecule has 1 unspecified atom stereocenters. The summed E-state index contributed by atoms with van der Waals surface area (Å²) in [4.78, 5) is 12.7. The summed E-state index contributed by atoms with van der Waals surface area (Å²) < 4.78 is 22.1. The zero-order valence-corrected chi connectivity index (χ0v) is 15.5. The summed E-state index contributed by atoms with van der Waals surface area (Å²) in [6, 6.07) is 5.39. The number of hydrogen-bond donors (Lipinski definition) is 1. The normalized spacial score (nSPS) is 15.9. The van der Waals surface area contributed by atoms with Gasteiger partial charge in [-0.1, -0.05) is 6.07 Å². The summed E-state index contributed by atoms with van der Waals surface area (Å²) in [7, 11) is 4.64. The Bertz CT molecular complexity index is 871. The van der Waals surface area contributed by atoms with E-state index in [2.05, 4.69) is 0 Å². The van der Waals surface area contributed by atoms with Crippen molar-refractivity contribution in [2.75, 3.05) is 21.3 Å². The van der Waals surface area contributed by atoms with E-state index in [1.54, 1.807) is 33.3 Å². The highest BCUT2D eigenvalue weighted by molar-refractivity contribution is 6.04. The summed E-state index contributed by atoms with van der Waals surface area (Å²) >= 11 is 0. The van der Waals surface area contributed by atoms with Gasteiger partial charge in [-0.15, -0.1) is 0 Å². The first-order chi connectivity index (χ1) is 12.4. The molecule has 1 aliphatic rings. The Hall–Kier alpha value is -2.89. The number of phenols is 1. The fourth-order valence-electron chi connectivity index (χ4n) is 3.24. The number of rotatable bonds is 4. The van der Waals surface area contributed by atoms with E-state index >= 15 is 0 Å². The third kappa shape index (κ3) is 2.71. The molecule has 3 rings (SSSR count). The first kappa shape index (κ1) is 17.9. The highest BCUT2D eigenvalue weighted by atomic mass is 16.5. The number of benzene rings is 2. The molecule has 1 N–H and O–H groups in total. The van der Waals surface area contributed by atoms with Gasteiger partial charge >= 0.3 is 0 Å². The van der Waals surface area contributed by atoms with Crippen LogP contribution < -0.4 is 18.9 Å². The molecule has 2 aromatic carbocycles. The maximum Gasteiger partial charge on any atom is 0.176 e. The zero-order chi connectivity index (χ0) is 19.0. The van der Waals surface area contributed by atoms with Crippen LogP contribution >= 0.6 is 0 Å². The van der Waals surface area contributed by atoms with Gasteiger partial charge in [0.1, 0.15) is 17.4 Å². The molecule has 1 atom stereocenters. The maximum atomic E-state index is 12.7. The van der Waals surface area contributed by atoms with E-state index < -0.39 is 6.10 Å². The number of phenolic OH excluding ortho intramolecular Hbond substituents is 1. The molecule has 0 amide bonds. The van der Waals surface area contributed by atoms with Crippen LogP contribution in [0.3, 0.4) is 0 Å². The second-order valence-electron chi connectivity index (χ2n) is 6.18. The fraction of sp³-hybridized carbons (Fsp3) is 0.350. The lowest BCUT2D eigenvalue weighted by Crippen LogP contribution is -2.22. The van der Waals surface area contributed by atoms with E-state index in [-0.39, 0.29) is 29.3 Å². The van der Waals surface area contributed by atoms with Gasteiger partial charge in [-0.05, 0) is 37.1 Å². The minimum absolute atomic E-state index is 0.0472. The number of ether oxygens (including phenoxy) is 4. The topological polar surface area (TPSA) is 74.2 Å². The van der Waals surface area contributed by atoms with Crippen molar-refractivity contribution in [1.29, 1.82) is 0 Å². The number of methoxy groups -OCH3 is 3. The standard InChI is InChI=1S/C20H22O6/c1-10-11(2)19(25-5)20-17(18(10)22)13(21)9-15(26-20)12-6-7-14(23-3)16(8-12)24-4/h6-8,15,22H,9H2,1-5H3. The van der Waals surface area contributed by atoms with Crippen LogP contribution in [0, 0.1) is 13.8 Å². The van der Waals surface area contributed by atoms with Crippen LogP contribution in [0.1, 0.15) is 39.6 Å². The average Bonchev–Trinajstić information content (AvgIpc) is 2.65. The van der Waals surface area contributed by atoms with E-state index in [0.717, 1.165) is 11.1 Å². The van der Waals surface area contributed by atoms with Crippen molar-refractivity contribution in [2.24, 2.45) is 0 Å². The van der Waals surface area contributed by atoms with Gasteiger partial charge in [0.05, 0.1) is 27.8 Å². The molecule has 26 heavy (non-hydrogen) atoms. The summed E-state index contributed by atoms with van der Waals surface area (Å²) in [5.74, 6) is 1.67. The predicted octanol–water partition coefficient (Wildman–Crippen LogP) is 3.74. The van der Waals surface area contributed by atoms with Crippen molar-refractivity contribution in [1.82, 2.24) is 0 Å². The molecule has 0 bridgehead atoms. The lowest BCUT2D eigenvalue weighted by atomic mass is 9.92. The zero-order valence-electron chi connectivity index (χ0n) is 15.5. The highest BCUT2D eigenvalue weighted by Gasteiger charge is 2.35. The van der Waals surface area contributed by atoms with Crippen LogP contribution in [0.5, 0.6) is 28.7 Å². The fourth-order valence-corrected chi connectivity index (χ4v) is 3.24. The minimum Gasteiger partial charge on any atom is -0.507 e. The van der Waals surface area contributed by atoms with Crippen molar-refractivity contribution in [3.63, 3.8) is 0 Å². The molecule has 1 heterocycles. The summed E-state index contributed by atoms with van der Waals surface area (Å²) in [5, 5.41) is 10.4. The first-order valence-electron chi connectivity index (χ1n) is 8.24. The van der Waals surface area contributed by atoms with Crippen molar-refractivity contribution < 1.29 is 28.8 Å². The molecular formula is C20H22O6. The van der Waals surface area contributed by atoms with Crippen LogP contribution in [0.2, 0.25) is 0 Å². The number of carbonyl (C=O) groups is 1. The lowest BCUT2D eigenvalue weighted by Gasteiger charge is -2.29. The van der Waals surface area contributed by atoms with E-state index in [0.29, 0.717) is 22.8 Å². The van der Waals surface area contributed by atoms with Gasteiger partial charge in [-0.25, -0.2) is 0 Å². The minimum atomic E-state index is -0.509. The molecule has 0 radical (unpaired) electrons. The van der Waals surface area contributed by atoms with Gasteiger partial charge in [0.15, 0.2) is 28.8 Å². The van der Waals surface area contributed by atoms with Gasteiger partial charge in [-0.3, -0.25) is 4.79 Å². The van der Waals surface area contributed by atoms with Crippen molar-refractivity contribution in [3.8, 4) is 28.7 Å². The molecule has 0 saturated carbocycles. The molecule has 2 aromatic rings. The smallest absolute Gasteiger partial charge is 0.176 e. The van der Waals surface area contributed by atoms with Gasteiger partial charge in [0.25, 0.3) is 0 Å². The Balaban J connectivity index is 2.09. The monoisotopic (exact) mass is 358 g/mol. The molecule has 0 fully saturated rings. The summed E-state index contributed by atoms with van der Waals surface area (Å²) in [6.45, 7) is 3.57. The van der Waals surface area contributed by atoms with Gasteiger partial charge in [0, 0.05) is 5.56 Å². The molecule has 6 heteroatoms. The third-order valence-electron chi connectivity index (χ3n) is 4.82. The number of Topliss-reactive ketones (excluding diaryl/α,β-unsaturated/α-hetero) is 1. The Kier molecular flexibility index (Phi) is 4.68. The van der Waals surface area contributed by atoms with E-state index in [9.17, 15) is 9.90 Å². The Morgan fingerprint density at radius 1 is 1.04 bits per heavy atom. The Morgan fingerprint density at radius 2 is 1.73 bits per heavy atom. The highest BCUT2D eigenvalue weighted by Crippen LogP contribution is 2.49. The molecule has 138 valence electrons. The van der Waals surface area contributed by atoms with E-state index in [1.165, 1.54) is 7.11 Å². The lowest BCUT2D eigenvalue weighted by molar-refractivity contribution is 0.0836. The molecular weight excluding hydrogens is 336 g/mol. The van der Waals surface area contributed by atoms with Crippen molar-refractivity contribution >= 4 is 5.78 Å². The van der Waals surface area contributed by atoms with Gasteiger partial charge in [0.2, 0.25) is 0 Å². The molecule has 0 spiro atoms. The van der Waals surface area contributed by atoms with Crippen molar-refractivity contribution in [3.05, 3.63) is 40.5 Å². The largest absolute Gasteiger partial charge is 0.507 e. The number of aromatic hydroxyl groups is 1. The number of hydrogen-bond acceptors (Lipinski definition) is 6. The average molecular weight is 358 g/mol. The molecule has 0 saturated heterocycles. The second kappa shape index (κ2) is 6.78. The quantitative estimate of drug-likeness (QED) is 0.897. The SMILES string of the molecule is COc1ccc(C2CC(=O)c3c(O)c(C)c(C)c(OC)c3O2)cc1OC. The van der Waals surface area contributed by atoms with Gasteiger partial charge in [-0.2, -0.15) is 0 Å². The predicted molar refractivity (Wildman–Crippen MR) is 96.0 cm³/mol. The van der Waals surface area contributed by atoms with Crippen LogP contribution in [-0.2, 0) is 0 Å². The molecule has 6 nitrogen and oxygen atoms in total. The molecule has 0 aromatic heterocycles. The Labute approximate surface area is 152 Å². The number of ketones is 1. The van der Waals surface area contributed by atoms with E-state index in [1.807, 2.05) is 13.0 Å². The van der Waals surface area contributed by atoms with Crippen molar-refractivity contribution in [2.45, 2.75) is 26.4 Å². The van der Waals surface area contributed by atoms with Crippen LogP contribution in [-0.4, -0.2) is 32.2 Å². The number of carbonyl (C=O) groups excluding carboxylic acids is 1. The van der Waals surface area contributed by atoms with Crippen LogP contribution in [0.25, 0.3) is 0 Å². The van der Waals surface area contributed by atoms with E-state index in [4.69, 9.17) is 18.9 Å².